The molecule has 0 heterocycles. The number of carbonyl (C=O) groups excluding carboxylic acids is 1. The van der Waals surface area contributed by atoms with Gasteiger partial charge in [0, 0.05) is 14.0 Å². The molecular weight excluding hydrogens is 174 g/mol. The van der Waals surface area contributed by atoms with Gasteiger partial charge >= 0.3 is 0 Å². The normalized spacial score (nSPS) is 10.8. The van der Waals surface area contributed by atoms with Crippen molar-refractivity contribution in [2.45, 2.75) is 40.5 Å². The predicted molar refractivity (Wildman–Crippen MR) is 63.2 cm³/mol. The van der Waals surface area contributed by atoms with Gasteiger partial charge in [-0.2, -0.15) is 0 Å². The van der Waals surface area contributed by atoms with Gasteiger partial charge in [0.15, 0.2) is 0 Å². The second-order valence-corrected chi connectivity index (χ2v) is 2.83. The quantitative estimate of drug-likeness (QED) is 0.692. The maximum Gasteiger partial charge on any atom is 0.216 e. The lowest BCUT2D eigenvalue weighted by atomic mass is 10.2. The van der Waals surface area contributed by atoms with Crippen LogP contribution in [0.2, 0.25) is 0 Å². The number of allylic oxidation sites excluding steroid dienone is 4. The van der Waals surface area contributed by atoms with Crippen LogP contribution < -0.4 is 5.32 Å². The molecule has 1 N–H and O–H groups in total. The van der Waals surface area contributed by atoms with E-state index in [0.717, 1.165) is 12.8 Å². The van der Waals surface area contributed by atoms with Crippen molar-refractivity contribution < 1.29 is 4.79 Å². The molecule has 0 bridgehead atoms. The highest BCUT2D eigenvalue weighted by atomic mass is 16.1. The summed E-state index contributed by atoms with van der Waals surface area (Å²) in [6.07, 6.45) is 8.83. The van der Waals surface area contributed by atoms with Crippen molar-refractivity contribution in [3.05, 3.63) is 23.8 Å². The molecule has 0 spiro atoms. The lowest BCUT2D eigenvalue weighted by Gasteiger charge is -1.91. The van der Waals surface area contributed by atoms with Crippen LogP contribution in [-0.2, 0) is 4.79 Å². The Hall–Kier alpha value is -1.05. The largest absolute Gasteiger partial charge is 0.359 e. The molecule has 0 radical (unpaired) electrons. The molecule has 0 aliphatic heterocycles. The first-order valence-corrected chi connectivity index (χ1v) is 5.12. The van der Waals surface area contributed by atoms with Crippen LogP contribution in [0.25, 0.3) is 0 Å². The molecule has 0 aromatic carbocycles. The molecule has 0 atom stereocenters. The van der Waals surface area contributed by atoms with Crippen LogP contribution in [-0.4, -0.2) is 13.0 Å². The van der Waals surface area contributed by atoms with E-state index in [1.807, 2.05) is 0 Å². The first-order chi connectivity index (χ1) is 6.62. The highest BCUT2D eigenvalue weighted by Gasteiger charge is 1.80. The predicted octanol–water partition coefficient (Wildman–Crippen LogP) is 3.06. The van der Waals surface area contributed by atoms with Crippen molar-refractivity contribution in [3.8, 4) is 0 Å². The van der Waals surface area contributed by atoms with Crippen molar-refractivity contribution in [2.75, 3.05) is 7.05 Å². The van der Waals surface area contributed by atoms with Gasteiger partial charge in [-0.3, -0.25) is 4.79 Å². The first kappa shape index (κ1) is 15.4. The van der Waals surface area contributed by atoms with Gasteiger partial charge in [0.25, 0.3) is 0 Å². The molecular formula is C12H23NO. The summed E-state index contributed by atoms with van der Waals surface area (Å²) in [7, 11) is 1.60. The Bertz CT molecular complexity index is 192. The molecule has 82 valence electrons. The second-order valence-electron chi connectivity index (χ2n) is 2.83. The van der Waals surface area contributed by atoms with Crippen LogP contribution in [0, 0.1) is 0 Å². The van der Waals surface area contributed by atoms with Crippen molar-refractivity contribution in [1.29, 1.82) is 0 Å². The summed E-state index contributed by atoms with van der Waals surface area (Å²) in [6.45, 7) is 7.88. The van der Waals surface area contributed by atoms with Crippen molar-refractivity contribution in [2.24, 2.45) is 0 Å². The Morgan fingerprint density at radius 1 is 1.36 bits per heavy atom. The Morgan fingerprint density at radius 3 is 2.07 bits per heavy atom. The lowest BCUT2D eigenvalue weighted by Crippen LogP contribution is -2.11. The number of rotatable bonds is 3. The third-order valence-electron chi connectivity index (χ3n) is 1.70. The van der Waals surface area contributed by atoms with E-state index in [4.69, 9.17) is 0 Å². The third kappa shape index (κ3) is 13.5. The number of nitrogens with one attached hydrogen (secondary N) is 1. The molecule has 0 saturated heterocycles. The highest BCUT2D eigenvalue weighted by molar-refractivity contribution is 5.72. The van der Waals surface area contributed by atoms with Gasteiger partial charge in [0.05, 0.1) is 0 Å². The first-order valence-electron chi connectivity index (χ1n) is 5.12. The molecule has 2 heteroatoms. The van der Waals surface area contributed by atoms with E-state index < -0.39 is 0 Å². The molecule has 0 aliphatic rings. The summed E-state index contributed by atoms with van der Waals surface area (Å²) in [6, 6.07) is 0. The molecule has 14 heavy (non-hydrogen) atoms. The molecule has 0 rings (SSSR count). The number of hydrogen-bond donors (Lipinski definition) is 1. The number of amides is 1. The molecule has 2 nitrogen and oxygen atoms in total. The van der Waals surface area contributed by atoms with E-state index in [1.54, 1.807) is 7.05 Å². The van der Waals surface area contributed by atoms with Crippen molar-refractivity contribution >= 4 is 5.91 Å². The summed E-state index contributed by atoms with van der Waals surface area (Å²) in [5.74, 6) is 0.00463. The van der Waals surface area contributed by atoms with Gasteiger partial charge in [-0.05, 0) is 19.8 Å². The molecule has 0 aliphatic carbocycles. The monoisotopic (exact) mass is 197 g/mol. The molecule has 0 fully saturated rings. The zero-order chi connectivity index (χ0) is 11.4. The summed E-state index contributed by atoms with van der Waals surface area (Å²) in [4.78, 5) is 9.70. The molecule has 0 saturated carbocycles. The Kier molecular flexibility index (Phi) is 13.2. The average molecular weight is 197 g/mol. The van der Waals surface area contributed by atoms with Crippen LogP contribution in [0.1, 0.15) is 40.5 Å². The van der Waals surface area contributed by atoms with E-state index in [-0.39, 0.29) is 5.91 Å². The molecule has 0 aromatic heterocycles. The molecule has 0 unspecified atom stereocenters. The van der Waals surface area contributed by atoms with Crippen LogP contribution in [0.3, 0.4) is 0 Å². The van der Waals surface area contributed by atoms with Gasteiger partial charge in [0.2, 0.25) is 5.91 Å². The van der Waals surface area contributed by atoms with E-state index in [1.165, 1.54) is 12.5 Å². The second kappa shape index (κ2) is 11.9. The fourth-order valence-corrected chi connectivity index (χ4v) is 0.687. The highest BCUT2D eigenvalue weighted by Crippen LogP contribution is 2.01. The Morgan fingerprint density at radius 2 is 1.86 bits per heavy atom. The maximum absolute atomic E-state index is 9.70. The maximum atomic E-state index is 9.70. The van der Waals surface area contributed by atoms with E-state index >= 15 is 0 Å². The fraction of sp³-hybridized carbons (Fsp3) is 0.583. The Labute approximate surface area is 88.1 Å². The van der Waals surface area contributed by atoms with Gasteiger partial charge in [-0.25, -0.2) is 0 Å². The van der Waals surface area contributed by atoms with E-state index in [0.29, 0.717) is 0 Å². The number of hydrogen-bond acceptors (Lipinski definition) is 1. The minimum Gasteiger partial charge on any atom is -0.359 e. The van der Waals surface area contributed by atoms with Crippen LogP contribution >= 0.6 is 0 Å². The van der Waals surface area contributed by atoms with Crippen LogP contribution in [0.4, 0.5) is 0 Å². The van der Waals surface area contributed by atoms with Crippen molar-refractivity contribution in [3.63, 3.8) is 0 Å². The van der Waals surface area contributed by atoms with Gasteiger partial charge < -0.3 is 5.32 Å². The summed E-state index contributed by atoms with van der Waals surface area (Å²) < 4.78 is 0. The SMILES string of the molecule is C/C=C(\C=C/CC)CC.CNC(C)=O. The zero-order valence-corrected chi connectivity index (χ0v) is 10.1. The zero-order valence-electron chi connectivity index (χ0n) is 10.1. The van der Waals surface area contributed by atoms with Gasteiger partial charge in [-0.1, -0.05) is 37.6 Å². The standard InChI is InChI=1S/C9H16.C3H7NO/c1-4-7-8-9(5-2)6-3;1-3(5)4-2/h5,7-8H,4,6H2,1-3H3;1-2H3,(H,4,5)/b8-7-,9-5-;. The number of carbonyl (C=O) groups is 1. The minimum atomic E-state index is 0.00463. The summed E-state index contributed by atoms with van der Waals surface area (Å²) in [5, 5.41) is 2.39. The topological polar surface area (TPSA) is 29.1 Å². The van der Waals surface area contributed by atoms with Crippen LogP contribution in [0.5, 0.6) is 0 Å². The minimum absolute atomic E-state index is 0.00463. The molecule has 0 aromatic rings. The smallest absolute Gasteiger partial charge is 0.216 e. The lowest BCUT2D eigenvalue weighted by molar-refractivity contribution is -0.118. The fourth-order valence-electron chi connectivity index (χ4n) is 0.687. The van der Waals surface area contributed by atoms with Gasteiger partial charge in [0.1, 0.15) is 0 Å². The van der Waals surface area contributed by atoms with Crippen molar-refractivity contribution in [1.82, 2.24) is 5.32 Å². The third-order valence-corrected chi connectivity index (χ3v) is 1.70. The Balaban J connectivity index is 0. The average Bonchev–Trinajstić information content (AvgIpc) is 2.20. The molecule has 1 amide bonds. The van der Waals surface area contributed by atoms with Gasteiger partial charge in [-0.15, -0.1) is 0 Å². The van der Waals surface area contributed by atoms with E-state index in [9.17, 15) is 4.79 Å². The summed E-state index contributed by atoms with van der Waals surface area (Å²) in [5.41, 5.74) is 1.43. The summed E-state index contributed by atoms with van der Waals surface area (Å²) >= 11 is 0. The van der Waals surface area contributed by atoms with Crippen LogP contribution in [0.15, 0.2) is 23.8 Å². The van der Waals surface area contributed by atoms with E-state index in [2.05, 4.69) is 44.3 Å².